The van der Waals surface area contributed by atoms with Crippen LogP contribution in [0.15, 0.2) is 24.3 Å². The molecule has 1 atom stereocenters. The molecule has 3 aliphatic heterocycles. The number of hydrogen-bond acceptors (Lipinski definition) is 5. The first-order valence-electron chi connectivity index (χ1n) is 9.41. The van der Waals surface area contributed by atoms with Gasteiger partial charge < -0.3 is 10.0 Å². The molecule has 2 saturated heterocycles. The Hall–Kier alpha value is -1.96. The van der Waals surface area contributed by atoms with Crippen LogP contribution in [0.25, 0.3) is 0 Å². The van der Waals surface area contributed by atoms with Crippen LogP contribution < -0.4 is 0 Å². The first kappa shape index (κ1) is 17.5. The lowest BCUT2D eigenvalue weighted by molar-refractivity contribution is -0.128. The Morgan fingerprint density at radius 3 is 2.27 bits per heavy atom. The van der Waals surface area contributed by atoms with Crippen LogP contribution in [0.4, 0.5) is 4.79 Å². The Labute approximate surface area is 153 Å². The van der Waals surface area contributed by atoms with E-state index in [1.54, 1.807) is 4.90 Å². The van der Waals surface area contributed by atoms with Crippen molar-refractivity contribution in [2.45, 2.75) is 19.0 Å². The van der Waals surface area contributed by atoms with E-state index >= 15 is 0 Å². The van der Waals surface area contributed by atoms with Crippen LogP contribution in [0.1, 0.15) is 11.1 Å². The normalized spacial score (nSPS) is 24.1. The minimum absolute atomic E-state index is 0.0524. The summed E-state index contributed by atoms with van der Waals surface area (Å²) in [4.78, 5) is 33.2. The summed E-state index contributed by atoms with van der Waals surface area (Å²) >= 11 is 0. The maximum absolute atomic E-state index is 12.8. The summed E-state index contributed by atoms with van der Waals surface area (Å²) in [6, 6.07) is 7.59. The number of aliphatic hydroxyl groups excluding tert-OH is 1. The van der Waals surface area contributed by atoms with Crippen molar-refractivity contribution in [1.29, 1.82) is 0 Å². The monoisotopic (exact) mass is 358 g/mol. The van der Waals surface area contributed by atoms with Gasteiger partial charge in [-0.15, -0.1) is 0 Å². The molecule has 4 rings (SSSR count). The van der Waals surface area contributed by atoms with Gasteiger partial charge in [0, 0.05) is 58.8 Å². The summed E-state index contributed by atoms with van der Waals surface area (Å²) in [7, 11) is 0. The van der Waals surface area contributed by atoms with Crippen molar-refractivity contribution in [2.24, 2.45) is 0 Å². The van der Waals surface area contributed by atoms with Gasteiger partial charge in [0.15, 0.2) is 0 Å². The molecular formula is C19H26N4O3. The number of carbonyl (C=O) groups excluding carboxylic acids is 2. The van der Waals surface area contributed by atoms with Gasteiger partial charge in [0.05, 0.1) is 6.61 Å². The fourth-order valence-corrected chi connectivity index (χ4v) is 4.20. The van der Waals surface area contributed by atoms with Gasteiger partial charge in [0.1, 0.15) is 6.04 Å². The number of hydrogen-bond donors (Lipinski definition) is 1. The number of fused-ring (bicyclic) bond motifs is 2. The fourth-order valence-electron chi connectivity index (χ4n) is 4.20. The highest BCUT2D eigenvalue weighted by molar-refractivity contribution is 6.04. The third-order valence-corrected chi connectivity index (χ3v) is 5.80. The van der Waals surface area contributed by atoms with Crippen molar-refractivity contribution in [3.8, 4) is 0 Å². The number of rotatable bonds is 5. The average molecular weight is 358 g/mol. The maximum Gasteiger partial charge on any atom is 0.327 e. The third kappa shape index (κ3) is 3.22. The molecule has 7 heteroatoms. The molecule has 0 bridgehead atoms. The van der Waals surface area contributed by atoms with Crippen LogP contribution in [0, 0.1) is 0 Å². The van der Waals surface area contributed by atoms with E-state index in [0.29, 0.717) is 26.1 Å². The molecule has 26 heavy (non-hydrogen) atoms. The smallest absolute Gasteiger partial charge is 0.327 e. The van der Waals surface area contributed by atoms with Crippen molar-refractivity contribution >= 4 is 11.9 Å². The standard InChI is InChI=1S/C19H26N4O3/c24-12-11-21-7-5-20(6-8-21)9-10-22-18(25)17-13-15-3-1-2-4-16(15)14-23(17)19(22)26/h1-4,17,24H,5-14H2/t17-/m0/s1. The topological polar surface area (TPSA) is 67.3 Å². The van der Waals surface area contributed by atoms with E-state index in [1.807, 2.05) is 18.2 Å². The van der Waals surface area contributed by atoms with Crippen LogP contribution in [-0.2, 0) is 17.8 Å². The molecule has 0 saturated carbocycles. The molecule has 3 aliphatic rings. The number of amides is 3. The lowest BCUT2D eigenvalue weighted by Crippen LogP contribution is -2.49. The van der Waals surface area contributed by atoms with Crippen LogP contribution >= 0.6 is 0 Å². The zero-order valence-corrected chi connectivity index (χ0v) is 15.0. The zero-order valence-electron chi connectivity index (χ0n) is 15.0. The van der Waals surface area contributed by atoms with E-state index in [9.17, 15) is 9.59 Å². The highest BCUT2D eigenvalue weighted by Gasteiger charge is 2.46. The van der Waals surface area contributed by atoms with E-state index in [-0.39, 0.29) is 24.6 Å². The largest absolute Gasteiger partial charge is 0.395 e. The summed E-state index contributed by atoms with van der Waals surface area (Å²) in [6.07, 6.45) is 0.622. The number of imide groups is 1. The van der Waals surface area contributed by atoms with Gasteiger partial charge in [-0.2, -0.15) is 0 Å². The lowest BCUT2D eigenvalue weighted by Gasteiger charge is -2.34. The van der Waals surface area contributed by atoms with E-state index in [2.05, 4.69) is 15.9 Å². The first-order valence-corrected chi connectivity index (χ1v) is 9.41. The van der Waals surface area contributed by atoms with Gasteiger partial charge in [-0.1, -0.05) is 24.3 Å². The minimum Gasteiger partial charge on any atom is -0.395 e. The number of β-amino-alcohol motifs (C(OH)–C–C–N with tert-alkyl or cyclic N) is 1. The number of aliphatic hydroxyl groups is 1. The molecule has 1 N–H and O–H groups in total. The highest BCUT2D eigenvalue weighted by Crippen LogP contribution is 2.29. The second-order valence-electron chi connectivity index (χ2n) is 7.30. The number of urea groups is 1. The fraction of sp³-hybridized carbons (Fsp3) is 0.579. The summed E-state index contributed by atoms with van der Waals surface area (Å²) in [5, 5.41) is 9.01. The number of benzene rings is 1. The molecule has 0 aliphatic carbocycles. The zero-order chi connectivity index (χ0) is 18.1. The Morgan fingerprint density at radius 2 is 1.58 bits per heavy atom. The molecule has 1 aromatic carbocycles. The van der Waals surface area contributed by atoms with E-state index in [1.165, 1.54) is 10.5 Å². The Balaban J connectivity index is 1.35. The third-order valence-electron chi connectivity index (χ3n) is 5.80. The second-order valence-corrected chi connectivity index (χ2v) is 7.30. The predicted molar refractivity (Wildman–Crippen MR) is 96.6 cm³/mol. The molecule has 3 amide bonds. The average Bonchev–Trinajstić information content (AvgIpc) is 2.90. The minimum atomic E-state index is -0.334. The Kier molecular flexibility index (Phi) is 4.93. The van der Waals surface area contributed by atoms with Gasteiger partial charge in [-0.25, -0.2) is 4.79 Å². The van der Waals surface area contributed by atoms with E-state index in [0.717, 1.165) is 38.3 Å². The van der Waals surface area contributed by atoms with Crippen molar-refractivity contribution in [1.82, 2.24) is 19.6 Å². The van der Waals surface area contributed by atoms with Crippen LogP contribution in [-0.4, -0.2) is 95.1 Å². The van der Waals surface area contributed by atoms with Gasteiger partial charge >= 0.3 is 6.03 Å². The Morgan fingerprint density at radius 1 is 0.923 bits per heavy atom. The van der Waals surface area contributed by atoms with Crippen molar-refractivity contribution in [2.75, 3.05) is 52.4 Å². The summed E-state index contributed by atoms with van der Waals surface area (Å²) in [5.74, 6) is -0.0524. The van der Waals surface area contributed by atoms with Crippen LogP contribution in [0.3, 0.4) is 0 Å². The van der Waals surface area contributed by atoms with Gasteiger partial charge in [0.2, 0.25) is 0 Å². The van der Waals surface area contributed by atoms with Crippen molar-refractivity contribution in [3.63, 3.8) is 0 Å². The number of carbonyl (C=O) groups is 2. The first-order chi connectivity index (χ1) is 12.7. The number of piperazine rings is 1. The number of nitrogens with zero attached hydrogens (tertiary/aromatic N) is 4. The molecular weight excluding hydrogens is 332 g/mol. The van der Waals surface area contributed by atoms with Crippen LogP contribution in [0.5, 0.6) is 0 Å². The maximum atomic E-state index is 12.8. The van der Waals surface area contributed by atoms with Gasteiger partial charge in [0.25, 0.3) is 5.91 Å². The predicted octanol–water partition coefficient (Wildman–Crippen LogP) is -0.0146. The van der Waals surface area contributed by atoms with E-state index in [4.69, 9.17) is 5.11 Å². The molecule has 0 radical (unpaired) electrons. The van der Waals surface area contributed by atoms with Gasteiger partial charge in [-0.3, -0.25) is 19.5 Å². The Bertz CT molecular complexity index is 644. The summed E-state index contributed by atoms with van der Waals surface area (Å²) in [5.41, 5.74) is 2.32. The van der Waals surface area contributed by atoms with E-state index < -0.39 is 0 Å². The van der Waals surface area contributed by atoms with Gasteiger partial charge in [-0.05, 0) is 11.1 Å². The molecule has 0 aromatic heterocycles. The lowest BCUT2D eigenvalue weighted by atomic mass is 9.95. The van der Waals surface area contributed by atoms with Crippen molar-refractivity contribution in [3.05, 3.63) is 35.4 Å². The summed E-state index contributed by atoms with van der Waals surface area (Å²) in [6.45, 7) is 6.29. The molecule has 2 fully saturated rings. The summed E-state index contributed by atoms with van der Waals surface area (Å²) < 4.78 is 0. The van der Waals surface area contributed by atoms with Crippen LogP contribution in [0.2, 0.25) is 0 Å². The highest BCUT2D eigenvalue weighted by atomic mass is 16.3. The molecule has 3 heterocycles. The molecule has 1 aromatic rings. The quantitative estimate of drug-likeness (QED) is 0.750. The second kappa shape index (κ2) is 7.34. The molecule has 0 spiro atoms. The molecule has 0 unspecified atom stereocenters. The molecule has 7 nitrogen and oxygen atoms in total. The van der Waals surface area contributed by atoms with Crippen molar-refractivity contribution < 1.29 is 14.7 Å². The molecule has 140 valence electrons. The SMILES string of the molecule is O=C1[C@@H]2Cc3ccccc3CN2C(=O)N1CCN1CCN(CCO)CC1.